The quantitative estimate of drug-likeness (QED) is 0.268. The van der Waals surface area contributed by atoms with Crippen LogP contribution in [-0.4, -0.2) is 44.7 Å². The Labute approximate surface area is 224 Å². The van der Waals surface area contributed by atoms with Crippen LogP contribution >= 0.6 is 0 Å². The number of rotatable bonds is 6. The fourth-order valence-electron chi connectivity index (χ4n) is 3.46. The monoisotopic (exact) mass is 538 g/mol. The molecule has 11 nitrogen and oxygen atoms in total. The van der Waals surface area contributed by atoms with Crippen LogP contribution in [0.3, 0.4) is 0 Å². The van der Waals surface area contributed by atoms with E-state index in [2.05, 4.69) is 20.1 Å². The zero-order valence-corrected chi connectivity index (χ0v) is 20.9. The molecule has 6 N–H and O–H groups in total. The van der Waals surface area contributed by atoms with Crippen molar-refractivity contribution in [2.45, 2.75) is 33.9 Å². The normalized spacial score (nSPS) is 11.0. The minimum absolute atomic E-state index is 0. The SMILES string of the molecule is C.COC(=O)c1ccc([C@H](C)NC(=O)c2cc(C(=O)O)n3ncc(N)c3n2)cc1.Cc1cc(CN)ccc1F. The van der Waals surface area contributed by atoms with Crippen molar-refractivity contribution in [1.82, 2.24) is 19.9 Å². The van der Waals surface area contributed by atoms with E-state index in [1.54, 1.807) is 50.2 Å². The number of aromatic nitrogens is 3. The summed E-state index contributed by atoms with van der Waals surface area (Å²) in [5.41, 5.74) is 13.8. The average molecular weight is 539 g/mol. The van der Waals surface area contributed by atoms with Gasteiger partial charge in [0.15, 0.2) is 11.3 Å². The first-order valence-corrected chi connectivity index (χ1v) is 11.4. The molecule has 206 valence electrons. The van der Waals surface area contributed by atoms with Gasteiger partial charge in [0, 0.05) is 12.6 Å². The van der Waals surface area contributed by atoms with Crippen LogP contribution < -0.4 is 16.8 Å². The molecule has 39 heavy (non-hydrogen) atoms. The highest BCUT2D eigenvalue weighted by Crippen LogP contribution is 2.17. The minimum Gasteiger partial charge on any atom is -0.477 e. The first-order valence-electron chi connectivity index (χ1n) is 11.4. The Kier molecular flexibility index (Phi) is 10.2. The highest BCUT2D eigenvalue weighted by molar-refractivity contribution is 5.96. The fraction of sp³-hybridized carbons (Fsp3) is 0.222. The Morgan fingerprint density at radius 1 is 1.15 bits per heavy atom. The van der Waals surface area contributed by atoms with Crippen molar-refractivity contribution in [3.63, 3.8) is 0 Å². The molecule has 0 aliphatic heterocycles. The number of fused-ring (bicyclic) bond motifs is 1. The van der Waals surface area contributed by atoms with E-state index in [9.17, 15) is 23.9 Å². The number of carboxylic acids is 1. The Balaban J connectivity index is 0.000000410. The Morgan fingerprint density at radius 3 is 2.38 bits per heavy atom. The Bertz CT molecular complexity index is 1490. The van der Waals surface area contributed by atoms with Gasteiger partial charge in [-0.3, -0.25) is 4.79 Å². The van der Waals surface area contributed by atoms with E-state index in [1.165, 1.54) is 19.4 Å². The molecule has 0 spiro atoms. The standard InChI is InChI=1S/C18H17N5O5.C8H10FN.CH4/c1-9(10-3-5-11(6-4-10)18(27)28-2)21-16(24)13-7-14(17(25)26)23-15(22-13)12(19)8-20-23;1-6-4-7(5-10)2-3-8(6)9;/h3-9H,19H2,1-2H3,(H,21,24)(H,25,26);2-4H,5,10H2,1H3;1H4/t9-;;/m0../s1. The average Bonchev–Trinajstić information content (AvgIpc) is 3.29. The van der Waals surface area contributed by atoms with E-state index in [4.69, 9.17) is 11.5 Å². The second-order valence-corrected chi connectivity index (χ2v) is 8.26. The fourth-order valence-corrected chi connectivity index (χ4v) is 3.46. The van der Waals surface area contributed by atoms with Crippen molar-refractivity contribution < 1.29 is 28.6 Å². The molecule has 2 aromatic heterocycles. The number of carbonyl (C=O) groups is 3. The second kappa shape index (κ2) is 13.1. The number of ether oxygens (including phenoxy) is 1. The molecule has 12 heteroatoms. The van der Waals surface area contributed by atoms with Gasteiger partial charge in [0.2, 0.25) is 0 Å². The summed E-state index contributed by atoms with van der Waals surface area (Å²) in [7, 11) is 1.29. The van der Waals surface area contributed by atoms with Gasteiger partial charge < -0.3 is 26.6 Å². The minimum atomic E-state index is -1.27. The predicted octanol–water partition coefficient (Wildman–Crippen LogP) is 3.52. The number of halogens is 1. The molecule has 0 radical (unpaired) electrons. The number of esters is 1. The maximum atomic E-state index is 12.6. The maximum absolute atomic E-state index is 12.6. The summed E-state index contributed by atoms with van der Waals surface area (Å²) < 4.78 is 18.3. The number of amides is 1. The number of aromatic carboxylic acids is 1. The molecule has 0 saturated carbocycles. The van der Waals surface area contributed by atoms with Gasteiger partial charge in [-0.25, -0.2) is 23.5 Å². The van der Waals surface area contributed by atoms with Crippen LogP contribution in [0.4, 0.5) is 10.1 Å². The van der Waals surface area contributed by atoms with Crippen LogP contribution in [0, 0.1) is 12.7 Å². The number of nitrogens with one attached hydrogen (secondary N) is 1. The predicted molar refractivity (Wildman–Crippen MR) is 144 cm³/mol. The molecule has 1 atom stereocenters. The third kappa shape index (κ3) is 7.14. The smallest absolute Gasteiger partial charge is 0.354 e. The van der Waals surface area contributed by atoms with Crippen LogP contribution in [0.15, 0.2) is 54.7 Å². The third-order valence-electron chi connectivity index (χ3n) is 5.59. The van der Waals surface area contributed by atoms with E-state index in [0.717, 1.165) is 21.7 Å². The van der Waals surface area contributed by atoms with Crippen molar-refractivity contribution in [1.29, 1.82) is 0 Å². The van der Waals surface area contributed by atoms with E-state index < -0.39 is 23.9 Å². The number of hydrogen-bond donors (Lipinski definition) is 4. The Hall–Kier alpha value is -4.84. The number of nitrogens with zero attached hydrogens (tertiary/aromatic N) is 3. The highest BCUT2D eigenvalue weighted by Gasteiger charge is 2.20. The number of nitrogens with two attached hydrogens (primary N) is 2. The number of anilines is 1. The lowest BCUT2D eigenvalue weighted by atomic mass is 10.1. The number of methoxy groups -OCH3 is 1. The van der Waals surface area contributed by atoms with Gasteiger partial charge in [0.05, 0.1) is 30.6 Å². The molecule has 0 unspecified atom stereocenters. The number of aryl methyl sites for hydroxylation is 1. The van der Waals surface area contributed by atoms with Crippen molar-refractivity contribution in [3.8, 4) is 0 Å². The van der Waals surface area contributed by atoms with Crippen molar-refractivity contribution in [2.24, 2.45) is 5.73 Å². The van der Waals surface area contributed by atoms with E-state index in [0.29, 0.717) is 17.7 Å². The maximum Gasteiger partial charge on any atom is 0.354 e. The molecule has 4 rings (SSSR count). The number of carboxylic acid groups (broad SMARTS) is 1. The number of benzene rings is 2. The van der Waals surface area contributed by atoms with Crippen LogP contribution in [0.2, 0.25) is 0 Å². The zero-order valence-electron chi connectivity index (χ0n) is 20.9. The summed E-state index contributed by atoms with van der Waals surface area (Å²) in [5, 5.41) is 15.9. The largest absolute Gasteiger partial charge is 0.477 e. The van der Waals surface area contributed by atoms with Gasteiger partial charge in [0.25, 0.3) is 5.91 Å². The van der Waals surface area contributed by atoms with Crippen LogP contribution in [0.1, 0.15) is 68.4 Å². The van der Waals surface area contributed by atoms with Gasteiger partial charge in [-0.1, -0.05) is 31.7 Å². The molecule has 0 bridgehead atoms. The van der Waals surface area contributed by atoms with Crippen molar-refractivity contribution >= 4 is 29.2 Å². The van der Waals surface area contributed by atoms with E-state index >= 15 is 0 Å². The summed E-state index contributed by atoms with van der Waals surface area (Å²) in [6.45, 7) is 3.95. The Morgan fingerprint density at radius 2 is 1.82 bits per heavy atom. The molecule has 2 aromatic carbocycles. The van der Waals surface area contributed by atoms with Gasteiger partial charge >= 0.3 is 11.9 Å². The van der Waals surface area contributed by atoms with Crippen molar-refractivity contribution in [2.75, 3.05) is 12.8 Å². The first-order chi connectivity index (χ1) is 18.0. The molecule has 2 heterocycles. The van der Waals surface area contributed by atoms with Gasteiger partial charge in [-0.05, 0) is 48.7 Å². The van der Waals surface area contributed by atoms with Crippen molar-refractivity contribution in [3.05, 3.63) is 94.2 Å². The molecular weight excluding hydrogens is 507 g/mol. The topological polar surface area (TPSA) is 175 Å². The lowest BCUT2D eigenvalue weighted by Gasteiger charge is -2.15. The lowest BCUT2D eigenvalue weighted by Crippen LogP contribution is -2.28. The molecule has 0 fully saturated rings. The van der Waals surface area contributed by atoms with Gasteiger partial charge in [-0.15, -0.1) is 0 Å². The zero-order chi connectivity index (χ0) is 28.0. The van der Waals surface area contributed by atoms with E-state index in [-0.39, 0.29) is 36.0 Å². The first kappa shape index (κ1) is 30.4. The molecular formula is C27H31FN6O5. The summed E-state index contributed by atoms with van der Waals surface area (Å²) in [5.74, 6) is -2.47. The molecule has 1 amide bonds. The summed E-state index contributed by atoms with van der Waals surface area (Å²) in [4.78, 5) is 39.6. The summed E-state index contributed by atoms with van der Waals surface area (Å²) in [6, 6.07) is 12.1. The second-order valence-electron chi connectivity index (χ2n) is 8.26. The van der Waals surface area contributed by atoms with Gasteiger partial charge in [0.1, 0.15) is 11.5 Å². The number of carbonyl (C=O) groups excluding carboxylic acids is 2. The van der Waals surface area contributed by atoms with Crippen LogP contribution in [0.5, 0.6) is 0 Å². The van der Waals surface area contributed by atoms with E-state index in [1.807, 2.05) is 0 Å². The molecule has 0 aliphatic carbocycles. The van der Waals surface area contributed by atoms with Crippen LogP contribution in [-0.2, 0) is 11.3 Å². The molecule has 0 saturated heterocycles. The lowest BCUT2D eigenvalue weighted by molar-refractivity contribution is 0.0599. The number of nitrogen functional groups attached to an aromatic ring is 1. The van der Waals surface area contributed by atoms with Gasteiger partial charge in [-0.2, -0.15) is 5.10 Å². The number of hydrogen-bond acceptors (Lipinski definition) is 8. The summed E-state index contributed by atoms with van der Waals surface area (Å²) >= 11 is 0. The molecule has 4 aromatic rings. The third-order valence-corrected chi connectivity index (χ3v) is 5.59. The summed E-state index contributed by atoms with van der Waals surface area (Å²) in [6.07, 6.45) is 1.27. The van der Waals surface area contributed by atoms with Crippen LogP contribution in [0.25, 0.3) is 5.65 Å². The highest BCUT2D eigenvalue weighted by atomic mass is 19.1. The molecule has 0 aliphatic rings.